The SMILES string of the molecule is C[C@H](NC(=O)C1CCN(C(=O)Nc2ccccc2)CC1)c1ccccc1Cl. The Morgan fingerprint density at radius 3 is 2.33 bits per heavy atom. The summed E-state index contributed by atoms with van der Waals surface area (Å²) in [4.78, 5) is 26.7. The largest absolute Gasteiger partial charge is 0.349 e. The van der Waals surface area contributed by atoms with E-state index in [4.69, 9.17) is 11.6 Å². The first-order valence-electron chi connectivity index (χ1n) is 9.20. The van der Waals surface area contributed by atoms with Crippen LogP contribution in [0.2, 0.25) is 5.02 Å². The van der Waals surface area contributed by atoms with Gasteiger partial charge in [0.25, 0.3) is 0 Å². The van der Waals surface area contributed by atoms with Crippen molar-refractivity contribution in [1.29, 1.82) is 0 Å². The summed E-state index contributed by atoms with van der Waals surface area (Å²) in [7, 11) is 0. The molecule has 2 N–H and O–H groups in total. The van der Waals surface area contributed by atoms with Crippen LogP contribution in [0.1, 0.15) is 31.4 Å². The number of hydrogen-bond acceptors (Lipinski definition) is 2. The van der Waals surface area contributed by atoms with Gasteiger partial charge in [-0.2, -0.15) is 0 Å². The molecule has 0 bridgehead atoms. The van der Waals surface area contributed by atoms with E-state index in [-0.39, 0.29) is 23.9 Å². The zero-order valence-corrected chi connectivity index (χ0v) is 16.1. The highest BCUT2D eigenvalue weighted by Gasteiger charge is 2.28. The Balaban J connectivity index is 1.49. The van der Waals surface area contributed by atoms with Crippen molar-refractivity contribution in [2.45, 2.75) is 25.8 Å². The minimum Gasteiger partial charge on any atom is -0.349 e. The first-order valence-corrected chi connectivity index (χ1v) is 9.58. The maximum Gasteiger partial charge on any atom is 0.321 e. The highest BCUT2D eigenvalue weighted by molar-refractivity contribution is 6.31. The van der Waals surface area contributed by atoms with Crippen LogP contribution < -0.4 is 10.6 Å². The molecule has 5 nitrogen and oxygen atoms in total. The molecule has 6 heteroatoms. The van der Waals surface area contributed by atoms with Crippen molar-refractivity contribution in [1.82, 2.24) is 10.2 Å². The first kappa shape index (κ1) is 19.2. The minimum absolute atomic E-state index is 0.0190. The average molecular weight is 386 g/mol. The van der Waals surface area contributed by atoms with E-state index < -0.39 is 0 Å². The van der Waals surface area contributed by atoms with E-state index >= 15 is 0 Å². The summed E-state index contributed by atoms with van der Waals surface area (Å²) >= 11 is 6.21. The highest BCUT2D eigenvalue weighted by atomic mass is 35.5. The topological polar surface area (TPSA) is 61.4 Å². The van der Waals surface area contributed by atoms with Crippen LogP contribution in [0, 0.1) is 5.92 Å². The van der Waals surface area contributed by atoms with Crippen LogP contribution in [0.25, 0.3) is 0 Å². The molecule has 1 aliphatic rings. The van der Waals surface area contributed by atoms with Gasteiger partial charge >= 0.3 is 6.03 Å². The second-order valence-electron chi connectivity index (χ2n) is 6.81. The number of nitrogens with one attached hydrogen (secondary N) is 2. The van der Waals surface area contributed by atoms with Crippen LogP contribution in [0.4, 0.5) is 10.5 Å². The van der Waals surface area contributed by atoms with E-state index in [1.54, 1.807) is 4.90 Å². The Hall–Kier alpha value is -2.53. The number of urea groups is 1. The molecule has 0 saturated carbocycles. The van der Waals surface area contributed by atoms with Crippen molar-refractivity contribution < 1.29 is 9.59 Å². The van der Waals surface area contributed by atoms with E-state index in [2.05, 4.69) is 10.6 Å². The molecular formula is C21H24ClN3O2. The number of amides is 3. The lowest BCUT2D eigenvalue weighted by atomic mass is 9.95. The molecule has 2 aromatic carbocycles. The van der Waals surface area contributed by atoms with Crippen molar-refractivity contribution in [3.8, 4) is 0 Å². The quantitative estimate of drug-likeness (QED) is 0.816. The Morgan fingerprint density at radius 2 is 1.67 bits per heavy atom. The minimum atomic E-state index is -0.148. The van der Waals surface area contributed by atoms with Gasteiger partial charge in [-0.15, -0.1) is 0 Å². The molecule has 1 heterocycles. The summed E-state index contributed by atoms with van der Waals surface area (Å²) < 4.78 is 0. The smallest absolute Gasteiger partial charge is 0.321 e. The van der Waals surface area contributed by atoms with Crippen LogP contribution in [-0.2, 0) is 4.79 Å². The summed E-state index contributed by atoms with van der Waals surface area (Å²) in [5.74, 6) is -0.0683. The molecule has 0 aromatic heterocycles. The van der Waals surface area contributed by atoms with Crippen LogP contribution in [-0.4, -0.2) is 29.9 Å². The van der Waals surface area contributed by atoms with Gasteiger partial charge in [-0.1, -0.05) is 48.0 Å². The van der Waals surface area contributed by atoms with Crippen molar-refractivity contribution in [2.24, 2.45) is 5.92 Å². The zero-order valence-electron chi connectivity index (χ0n) is 15.3. The molecule has 0 aliphatic carbocycles. The fraction of sp³-hybridized carbons (Fsp3) is 0.333. The number of carbonyl (C=O) groups is 2. The van der Waals surface area contributed by atoms with Gasteiger partial charge in [-0.05, 0) is 43.5 Å². The number of para-hydroxylation sites is 1. The lowest BCUT2D eigenvalue weighted by Gasteiger charge is -2.32. The van der Waals surface area contributed by atoms with Crippen LogP contribution in [0.3, 0.4) is 0 Å². The molecule has 0 unspecified atom stereocenters. The first-order chi connectivity index (χ1) is 13.0. The van der Waals surface area contributed by atoms with Crippen molar-refractivity contribution in [2.75, 3.05) is 18.4 Å². The Labute approximate surface area is 164 Å². The lowest BCUT2D eigenvalue weighted by molar-refractivity contribution is -0.126. The van der Waals surface area contributed by atoms with Gasteiger partial charge in [0, 0.05) is 29.7 Å². The monoisotopic (exact) mass is 385 g/mol. The fourth-order valence-electron chi connectivity index (χ4n) is 3.30. The van der Waals surface area contributed by atoms with Crippen LogP contribution in [0.5, 0.6) is 0 Å². The molecule has 27 heavy (non-hydrogen) atoms. The summed E-state index contributed by atoms with van der Waals surface area (Å²) in [5.41, 5.74) is 1.68. The number of benzene rings is 2. The summed E-state index contributed by atoms with van der Waals surface area (Å²) in [6, 6.07) is 16.6. The summed E-state index contributed by atoms with van der Waals surface area (Å²) in [6.07, 6.45) is 1.31. The molecule has 2 aromatic rings. The second-order valence-corrected chi connectivity index (χ2v) is 7.22. The van der Waals surface area contributed by atoms with E-state index in [1.165, 1.54) is 0 Å². The Morgan fingerprint density at radius 1 is 1.04 bits per heavy atom. The number of hydrogen-bond donors (Lipinski definition) is 2. The fourth-order valence-corrected chi connectivity index (χ4v) is 3.60. The lowest BCUT2D eigenvalue weighted by Crippen LogP contribution is -2.44. The maximum atomic E-state index is 12.6. The maximum absolute atomic E-state index is 12.6. The molecule has 0 radical (unpaired) electrons. The summed E-state index contributed by atoms with van der Waals surface area (Å²) in [6.45, 7) is 3.07. The third-order valence-corrected chi connectivity index (χ3v) is 5.25. The van der Waals surface area contributed by atoms with Gasteiger partial charge in [0.2, 0.25) is 5.91 Å². The molecule has 3 rings (SSSR count). The van der Waals surface area contributed by atoms with Crippen LogP contribution >= 0.6 is 11.6 Å². The van der Waals surface area contributed by atoms with Crippen molar-refractivity contribution in [3.05, 3.63) is 65.2 Å². The Bertz CT molecular complexity index is 789. The van der Waals surface area contributed by atoms with Gasteiger partial charge in [-0.3, -0.25) is 4.79 Å². The molecule has 1 aliphatic heterocycles. The average Bonchev–Trinajstić information content (AvgIpc) is 2.69. The zero-order chi connectivity index (χ0) is 19.2. The second kappa shape index (κ2) is 8.91. The van der Waals surface area contributed by atoms with E-state index in [0.717, 1.165) is 11.3 Å². The predicted molar refractivity (Wildman–Crippen MR) is 108 cm³/mol. The van der Waals surface area contributed by atoms with Crippen molar-refractivity contribution >= 4 is 29.2 Å². The third kappa shape index (κ3) is 5.01. The van der Waals surface area contributed by atoms with E-state index in [9.17, 15) is 9.59 Å². The van der Waals surface area contributed by atoms with E-state index in [0.29, 0.717) is 31.0 Å². The van der Waals surface area contributed by atoms with Gasteiger partial charge in [0.1, 0.15) is 0 Å². The number of piperidine rings is 1. The summed E-state index contributed by atoms with van der Waals surface area (Å²) in [5, 5.41) is 6.59. The molecule has 1 atom stereocenters. The molecular weight excluding hydrogens is 362 g/mol. The highest BCUT2D eigenvalue weighted by Crippen LogP contribution is 2.24. The van der Waals surface area contributed by atoms with Gasteiger partial charge in [0.05, 0.1) is 6.04 Å². The van der Waals surface area contributed by atoms with Gasteiger partial charge in [-0.25, -0.2) is 4.79 Å². The predicted octanol–water partition coefficient (Wildman–Crippen LogP) is 4.46. The normalized spacial score (nSPS) is 15.9. The standard InChI is InChI=1S/C21H24ClN3O2/c1-15(18-9-5-6-10-19(18)22)23-20(26)16-11-13-25(14-12-16)21(27)24-17-7-3-2-4-8-17/h2-10,15-16H,11-14H2,1H3,(H,23,26)(H,24,27)/t15-/m0/s1. The number of likely N-dealkylation sites (tertiary alicyclic amines) is 1. The number of rotatable bonds is 4. The number of carbonyl (C=O) groups excluding carboxylic acids is 2. The molecule has 1 saturated heterocycles. The molecule has 0 spiro atoms. The van der Waals surface area contributed by atoms with E-state index in [1.807, 2.05) is 61.5 Å². The van der Waals surface area contributed by atoms with Gasteiger partial charge in [0.15, 0.2) is 0 Å². The van der Waals surface area contributed by atoms with Crippen LogP contribution in [0.15, 0.2) is 54.6 Å². The molecule has 3 amide bonds. The Kier molecular flexibility index (Phi) is 6.35. The molecule has 142 valence electrons. The van der Waals surface area contributed by atoms with Crippen molar-refractivity contribution in [3.63, 3.8) is 0 Å². The number of halogens is 1. The number of anilines is 1. The van der Waals surface area contributed by atoms with Gasteiger partial charge < -0.3 is 15.5 Å². The molecule has 1 fully saturated rings. The third-order valence-electron chi connectivity index (χ3n) is 4.91. The number of nitrogens with zero attached hydrogens (tertiary/aromatic N) is 1.